The van der Waals surface area contributed by atoms with Crippen molar-refractivity contribution >= 4 is 43.4 Å². The van der Waals surface area contributed by atoms with Gasteiger partial charge in [0.2, 0.25) is 5.28 Å². The maximum atomic E-state index is 13.1. The molecule has 10 heteroatoms. The second-order valence-electron chi connectivity index (χ2n) is 9.07. The summed E-state index contributed by atoms with van der Waals surface area (Å²) in [6.45, 7) is 10.5. The van der Waals surface area contributed by atoms with E-state index in [-0.39, 0.29) is 29.4 Å². The number of carbonyl (C=O) groups excluding carboxylic acids is 1. The molecule has 2 aromatic rings. The van der Waals surface area contributed by atoms with Gasteiger partial charge in [-0.25, -0.2) is 14.8 Å². The predicted octanol–water partition coefficient (Wildman–Crippen LogP) is 4.88. The Balaban J connectivity index is 1.87. The van der Waals surface area contributed by atoms with Crippen LogP contribution in [0.4, 0.5) is 0 Å². The highest BCUT2D eigenvalue weighted by molar-refractivity contribution is 6.74. The van der Waals surface area contributed by atoms with Crippen molar-refractivity contribution in [2.24, 2.45) is 0 Å². The molecule has 7 nitrogen and oxygen atoms in total. The molecule has 0 unspecified atom stereocenters. The Kier molecular flexibility index (Phi) is 6.49. The molecule has 0 aliphatic carbocycles. The highest BCUT2D eigenvalue weighted by Crippen LogP contribution is 2.37. The molecule has 1 aromatic carbocycles. The quantitative estimate of drug-likeness (QED) is 0.466. The molecule has 1 aliphatic heterocycles. The van der Waals surface area contributed by atoms with Crippen LogP contribution in [0.3, 0.4) is 0 Å². The molecule has 166 valence electrons. The highest BCUT2D eigenvalue weighted by Gasteiger charge is 2.41. The molecule has 0 spiro atoms. The number of hydrogen-bond donors (Lipinski definition) is 1. The van der Waals surface area contributed by atoms with Crippen molar-refractivity contribution in [3.63, 3.8) is 0 Å². The van der Waals surface area contributed by atoms with Gasteiger partial charge >= 0.3 is 5.97 Å². The number of aliphatic carboxylic acids is 1. The first kappa shape index (κ1) is 23.7. The number of hydrogen-bond acceptors (Lipinski definition) is 5. The lowest BCUT2D eigenvalue weighted by atomic mass is 10.0. The van der Waals surface area contributed by atoms with E-state index in [0.29, 0.717) is 21.8 Å². The van der Waals surface area contributed by atoms with Crippen LogP contribution in [0.25, 0.3) is 11.3 Å². The molecule has 0 fully saturated rings. The van der Waals surface area contributed by atoms with Crippen molar-refractivity contribution in [3.8, 4) is 11.3 Å². The Labute approximate surface area is 192 Å². The lowest BCUT2D eigenvalue weighted by molar-refractivity contribution is -0.143. The third kappa shape index (κ3) is 4.77. The Morgan fingerprint density at radius 2 is 2.00 bits per heavy atom. The number of amides is 1. The third-order valence-corrected chi connectivity index (χ3v) is 11.0. The van der Waals surface area contributed by atoms with Gasteiger partial charge in [0.05, 0.1) is 23.5 Å². The number of fused-ring (bicyclic) bond motifs is 1. The number of rotatable bonds is 6. The molecule has 0 saturated heterocycles. The molecule has 0 bridgehead atoms. The number of nitrogens with zero attached hydrogens (tertiary/aromatic N) is 3. The summed E-state index contributed by atoms with van der Waals surface area (Å²) in [4.78, 5) is 34.5. The average molecular weight is 482 g/mol. The molecule has 31 heavy (non-hydrogen) atoms. The van der Waals surface area contributed by atoms with Crippen LogP contribution in [-0.4, -0.2) is 52.8 Å². The first-order valence-electron chi connectivity index (χ1n) is 9.81. The van der Waals surface area contributed by atoms with E-state index < -0.39 is 20.3 Å². The van der Waals surface area contributed by atoms with Crippen molar-refractivity contribution in [3.05, 3.63) is 45.8 Å². The fraction of sp³-hybridized carbons (Fsp3) is 0.429. The van der Waals surface area contributed by atoms with Gasteiger partial charge in [-0.1, -0.05) is 44.5 Å². The average Bonchev–Trinajstić information content (AvgIpc) is 2.98. The van der Waals surface area contributed by atoms with Crippen LogP contribution < -0.4 is 0 Å². The maximum Gasteiger partial charge on any atom is 0.328 e. The molecule has 1 atom stereocenters. The largest absolute Gasteiger partial charge is 0.480 e. The van der Waals surface area contributed by atoms with Gasteiger partial charge in [0.25, 0.3) is 5.91 Å². The minimum Gasteiger partial charge on any atom is -0.480 e. The lowest BCUT2D eigenvalue weighted by Gasteiger charge is -2.37. The van der Waals surface area contributed by atoms with Gasteiger partial charge in [-0.2, -0.15) is 0 Å². The van der Waals surface area contributed by atoms with E-state index in [0.717, 1.165) is 5.56 Å². The highest BCUT2D eigenvalue weighted by atomic mass is 35.5. The molecular weight excluding hydrogens is 457 g/mol. The Morgan fingerprint density at radius 3 is 2.61 bits per heavy atom. The fourth-order valence-electron chi connectivity index (χ4n) is 3.07. The molecule has 2 heterocycles. The third-order valence-electron chi connectivity index (χ3n) is 6.00. The van der Waals surface area contributed by atoms with Crippen LogP contribution in [0.1, 0.15) is 36.7 Å². The lowest BCUT2D eigenvalue weighted by Crippen LogP contribution is -2.49. The number of carboxylic acids is 1. The zero-order valence-electron chi connectivity index (χ0n) is 18.1. The smallest absolute Gasteiger partial charge is 0.328 e. The molecule has 3 rings (SSSR count). The van der Waals surface area contributed by atoms with Gasteiger partial charge in [-0.3, -0.25) is 4.79 Å². The molecule has 1 amide bonds. The second-order valence-corrected chi connectivity index (χ2v) is 14.6. The topological polar surface area (TPSA) is 92.6 Å². The zero-order chi connectivity index (χ0) is 23.1. The molecule has 0 radical (unpaired) electrons. The van der Waals surface area contributed by atoms with Crippen LogP contribution in [0.2, 0.25) is 28.4 Å². The fourth-order valence-corrected chi connectivity index (χ4v) is 4.41. The molecular formula is C21H25Cl2N3O4Si. The molecule has 1 aliphatic rings. The summed E-state index contributed by atoms with van der Waals surface area (Å²) >= 11 is 12.1. The first-order chi connectivity index (χ1) is 14.3. The summed E-state index contributed by atoms with van der Waals surface area (Å²) in [6.07, 6.45) is 1.40. The van der Waals surface area contributed by atoms with Crippen LogP contribution in [0, 0.1) is 0 Å². The minimum absolute atomic E-state index is 0.0431. The van der Waals surface area contributed by atoms with E-state index in [4.69, 9.17) is 27.6 Å². The summed E-state index contributed by atoms with van der Waals surface area (Å²) in [7, 11) is -2.17. The van der Waals surface area contributed by atoms with Gasteiger partial charge in [0.1, 0.15) is 0 Å². The summed E-state index contributed by atoms with van der Waals surface area (Å²) in [5.41, 5.74) is 2.17. The van der Waals surface area contributed by atoms with Crippen molar-refractivity contribution in [1.29, 1.82) is 0 Å². The van der Waals surface area contributed by atoms with E-state index in [1.54, 1.807) is 18.2 Å². The first-order valence-corrected chi connectivity index (χ1v) is 13.5. The minimum atomic E-state index is -2.17. The van der Waals surface area contributed by atoms with E-state index in [1.165, 1.54) is 11.1 Å². The maximum absolute atomic E-state index is 13.1. The van der Waals surface area contributed by atoms with Gasteiger partial charge in [-0.05, 0) is 41.4 Å². The normalized spacial score (nSPS) is 15.2. The number of carboxylic acid groups (broad SMARTS) is 1. The van der Waals surface area contributed by atoms with Gasteiger partial charge < -0.3 is 14.4 Å². The Bertz CT molecular complexity index is 1040. The predicted molar refractivity (Wildman–Crippen MR) is 122 cm³/mol. The van der Waals surface area contributed by atoms with Crippen molar-refractivity contribution in [1.82, 2.24) is 14.9 Å². The van der Waals surface area contributed by atoms with E-state index in [2.05, 4.69) is 43.8 Å². The van der Waals surface area contributed by atoms with Crippen molar-refractivity contribution in [2.75, 3.05) is 6.61 Å². The summed E-state index contributed by atoms with van der Waals surface area (Å²) < 4.78 is 6.11. The van der Waals surface area contributed by atoms with Crippen LogP contribution >= 0.6 is 23.2 Å². The number of halogens is 2. The Hall–Kier alpha value is -2.00. The van der Waals surface area contributed by atoms with Gasteiger partial charge in [0.15, 0.2) is 14.4 Å². The summed E-state index contributed by atoms with van der Waals surface area (Å²) in [5.74, 6) is -1.45. The number of benzene rings is 1. The molecule has 1 aromatic heterocycles. The van der Waals surface area contributed by atoms with Gasteiger partial charge in [-0.15, -0.1) is 0 Å². The zero-order valence-corrected chi connectivity index (χ0v) is 20.6. The molecule has 0 saturated carbocycles. The summed E-state index contributed by atoms with van der Waals surface area (Å²) in [5, 5.41) is 10.1. The van der Waals surface area contributed by atoms with Crippen molar-refractivity contribution in [2.45, 2.75) is 51.5 Å². The number of aromatic nitrogens is 2. The van der Waals surface area contributed by atoms with Crippen molar-refractivity contribution < 1.29 is 19.1 Å². The van der Waals surface area contributed by atoms with Crippen LogP contribution in [0.15, 0.2) is 24.4 Å². The van der Waals surface area contributed by atoms with Gasteiger partial charge in [0, 0.05) is 17.7 Å². The second kappa shape index (κ2) is 8.50. The number of carbonyl (C=O) groups is 2. The standard InChI is InChI=1S/C21H25Cl2N3O4Si/c1-21(2,3)31(4,5)30-11-16(19(28)29)26-10-13-7-6-12(8-14(13)18(26)27)17-15(22)9-24-20(23)25-17/h6-9,16H,10-11H2,1-5H3,(H,28,29)/t16-/m0/s1. The van der Waals surface area contributed by atoms with E-state index in [1.807, 2.05) is 0 Å². The van der Waals surface area contributed by atoms with E-state index in [9.17, 15) is 14.7 Å². The van der Waals surface area contributed by atoms with E-state index >= 15 is 0 Å². The van der Waals surface area contributed by atoms with Crippen LogP contribution in [-0.2, 0) is 15.8 Å². The Morgan fingerprint density at radius 1 is 1.32 bits per heavy atom. The SMILES string of the molecule is CC(C)(C)[Si](C)(C)OC[C@@H](C(=O)O)N1Cc2ccc(-c3nc(Cl)ncc3Cl)cc2C1=O. The summed E-state index contributed by atoms with van der Waals surface area (Å²) in [6, 6.07) is 4.15. The monoisotopic (exact) mass is 481 g/mol. The molecule has 1 N–H and O–H groups in total. The van der Waals surface area contributed by atoms with Crippen LogP contribution in [0.5, 0.6) is 0 Å².